The van der Waals surface area contributed by atoms with Crippen molar-refractivity contribution in [2.75, 3.05) is 13.1 Å². The highest BCUT2D eigenvalue weighted by molar-refractivity contribution is 6.29. The molecule has 2 rings (SSSR count). The molecule has 0 aromatic carbocycles. The van der Waals surface area contributed by atoms with Crippen LogP contribution in [0, 0.1) is 5.92 Å². The van der Waals surface area contributed by atoms with Crippen LogP contribution in [0.25, 0.3) is 0 Å². The Bertz CT molecular complexity index is 448. The number of carbonyl (C=O) groups excluding carboxylic acids is 1. The molecule has 0 unspecified atom stereocenters. The van der Waals surface area contributed by atoms with E-state index in [1.165, 1.54) is 0 Å². The molecule has 0 spiro atoms. The fourth-order valence-corrected chi connectivity index (χ4v) is 2.15. The van der Waals surface area contributed by atoms with Gasteiger partial charge in [-0.1, -0.05) is 17.7 Å². The van der Waals surface area contributed by atoms with Crippen LogP contribution in [0.1, 0.15) is 26.3 Å². The highest BCUT2D eigenvalue weighted by atomic mass is 35.5. The summed E-state index contributed by atoms with van der Waals surface area (Å²) in [6.45, 7) is 7.12. The number of aromatic nitrogens is 1. The molecule has 1 saturated heterocycles. The second-order valence-electron chi connectivity index (χ2n) is 5.94. The van der Waals surface area contributed by atoms with E-state index in [-0.39, 0.29) is 6.09 Å². The van der Waals surface area contributed by atoms with Gasteiger partial charge in [0.2, 0.25) is 0 Å². The summed E-state index contributed by atoms with van der Waals surface area (Å²) in [5.41, 5.74) is 0.723. The fourth-order valence-electron chi connectivity index (χ4n) is 2.04. The predicted octanol–water partition coefficient (Wildman–Crippen LogP) is 3.14. The minimum Gasteiger partial charge on any atom is -0.444 e. The summed E-state index contributed by atoms with van der Waals surface area (Å²) in [6.07, 6.45) is 2.49. The average Bonchev–Trinajstić information content (AvgIpc) is 2.22. The Morgan fingerprint density at radius 3 is 2.68 bits per heavy atom. The highest BCUT2D eigenvalue weighted by Crippen LogP contribution is 2.23. The smallest absolute Gasteiger partial charge is 0.410 e. The van der Waals surface area contributed by atoms with E-state index < -0.39 is 5.60 Å². The molecule has 2 heterocycles. The minimum atomic E-state index is -0.428. The molecule has 4 nitrogen and oxygen atoms in total. The van der Waals surface area contributed by atoms with Crippen LogP contribution in [-0.4, -0.2) is 34.7 Å². The molecule has 5 heteroatoms. The van der Waals surface area contributed by atoms with E-state index in [9.17, 15) is 4.79 Å². The number of nitrogens with zero attached hydrogens (tertiary/aromatic N) is 2. The van der Waals surface area contributed by atoms with Crippen molar-refractivity contribution in [3.05, 3.63) is 29.0 Å². The first kappa shape index (κ1) is 14.1. The summed E-state index contributed by atoms with van der Waals surface area (Å²) >= 11 is 5.74. The van der Waals surface area contributed by atoms with E-state index in [0.29, 0.717) is 11.1 Å². The molecule has 1 amide bonds. The van der Waals surface area contributed by atoms with Gasteiger partial charge in [0.05, 0.1) is 0 Å². The normalized spacial score (nSPS) is 16.1. The summed E-state index contributed by atoms with van der Waals surface area (Å²) in [5, 5.41) is 0.507. The first-order valence-corrected chi connectivity index (χ1v) is 6.79. The number of likely N-dealkylation sites (tertiary alicyclic amines) is 1. The molecule has 1 aromatic rings. The van der Waals surface area contributed by atoms with Crippen LogP contribution in [0.5, 0.6) is 0 Å². The van der Waals surface area contributed by atoms with Gasteiger partial charge < -0.3 is 9.64 Å². The third-order valence-corrected chi connectivity index (χ3v) is 3.15. The van der Waals surface area contributed by atoms with Crippen molar-refractivity contribution in [2.45, 2.75) is 32.8 Å². The topological polar surface area (TPSA) is 42.4 Å². The van der Waals surface area contributed by atoms with Crippen molar-refractivity contribution < 1.29 is 9.53 Å². The quantitative estimate of drug-likeness (QED) is 0.783. The van der Waals surface area contributed by atoms with Gasteiger partial charge in [0.1, 0.15) is 10.8 Å². The van der Waals surface area contributed by atoms with E-state index in [1.807, 2.05) is 26.8 Å². The number of carbonyl (C=O) groups is 1. The van der Waals surface area contributed by atoms with Gasteiger partial charge in [0.15, 0.2) is 0 Å². The lowest BCUT2D eigenvalue weighted by molar-refractivity contribution is -0.000884. The number of pyridine rings is 1. The summed E-state index contributed by atoms with van der Waals surface area (Å²) in [5.74, 6) is 0.482. The van der Waals surface area contributed by atoms with E-state index >= 15 is 0 Å². The number of hydrogen-bond acceptors (Lipinski definition) is 3. The molecule has 0 bridgehead atoms. The average molecular weight is 283 g/mol. The zero-order chi connectivity index (χ0) is 14.0. The number of hydrogen-bond donors (Lipinski definition) is 0. The molecule has 19 heavy (non-hydrogen) atoms. The molecule has 0 atom stereocenters. The molecule has 1 fully saturated rings. The maximum absolute atomic E-state index is 11.8. The van der Waals surface area contributed by atoms with Crippen molar-refractivity contribution in [2.24, 2.45) is 5.92 Å². The van der Waals surface area contributed by atoms with Crippen LogP contribution in [0.4, 0.5) is 4.79 Å². The summed E-state index contributed by atoms with van der Waals surface area (Å²) in [4.78, 5) is 17.5. The molecule has 0 N–H and O–H groups in total. The molecule has 1 aliphatic rings. The monoisotopic (exact) mass is 282 g/mol. The van der Waals surface area contributed by atoms with Crippen LogP contribution < -0.4 is 0 Å². The summed E-state index contributed by atoms with van der Waals surface area (Å²) < 4.78 is 5.31. The third kappa shape index (κ3) is 4.10. The molecule has 1 aliphatic heterocycles. The lowest BCUT2D eigenvalue weighted by Gasteiger charge is -2.39. The highest BCUT2D eigenvalue weighted by Gasteiger charge is 2.33. The van der Waals surface area contributed by atoms with Gasteiger partial charge in [0.25, 0.3) is 0 Å². The second-order valence-corrected chi connectivity index (χ2v) is 6.33. The molecule has 0 saturated carbocycles. The van der Waals surface area contributed by atoms with Gasteiger partial charge in [-0.15, -0.1) is 0 Å². The zero-order valence-electron chi connectivity index (χ0n) is 11.5. The van der Waals surface area contributed by atoms with Gasteiger partial charge >= 0.3 is 6.09 Å². The van der Waals surface area contributed by atoms with Gasteiger partial charge in [0, 0.05) is 19.3 Å². The van der Waals surface area contributed by atoms with Crippen molar-refractivity contribution in [3.8, 4) is 0 Å². The number of amides is 1. The maximum Gasteiger partial charge on any atom is 0.410 e. The Morgan fingerprint density at radius 1 is 1.47 bits per heavy atom. The van der Waals surface area contributed by atoms with Crippen LogP contribution in [0.2, 0.25) is 5.15 Å². The molecular weight excluding hydrogens is 264 g/mol. The number of ether oxygens (including phenoxy) is 1. The van der Waals surface area contributed by atoms with Crippen LogP contribution in [-0.2, 0) is 11.2 Å². The van der Waals surface area contributed by atoms with E-state index in [4.69, 9.17) is 16.3 Å². The molecule has 0 aliphatic carbocycles. The Morgan fingerprint density at radius 2 is 2.16 bits per heavy atom. The van der Waals surface area contributed by atoms with E-state index in [2.05, 4.69) is 4.98 Å². The standard InChI is InChI=1S/C14H19ClN2O2/c1-14(2,3)19-13(18)17-8-11(9-17)6-10-4-5-12(15)16-7-10/h4-5,7,11H,6,8-9H2,1-3H3. The molecule has 1 aromatic heterocycles. The van der Waals surface area contributed by atoms with Gasteiger partial charge in [-0.3, -0.25) is 0 Å². The van der Waals surface area contributed by atoms with Crippen LogP contribution in [0.3, 0.4) is 0 Å². The lowest BCUT2D eigenvalue weighted by Crippen LogP contribution is -2.52. The van der Waals surface area contributed by atoms with Gasteiger partial charge in [-0.2, -0.15) is 0 Å². The summed E-state index contributed by atoms with van der Waals surface area (Å²) in [7, 11) is 0. The van der Waals surface area contributed by atoms with Gasteiger partial charge in [-0.25, -0.2) is 9.78 Å². The Hall–Kier alpha value is -1.29. The zero-order valence-corrected chi connectivity index (χ0v) is 12.3. The molecular formula is C14H19ClN2O2. The molecule has 0 radical (unpaired) electrons. The lowest BCUT2D eigenvalue weighted by atomic mass is 9.93. The van der Waals surface area contributed by atoms with Gasteiger partial charge in [-0.05, 0) is 44.7 Å². The fraction of sp³-hybridized carbons (Fsp3) is 0.571. The Balaban J connectivity index is 1.77. The Labute approximate surface area is 118 Å². The van der Waals surface area contributed by atoms with Crippen LogP contribution in [0.15, 0.2) is 18.3 Å². The van der Waals surface area contributed by atoms with E-state index in [0.717, 1.165) is 25.1 Å². The Kier molecular flexibility index (Phi) is 3.99. The van der Waals surface area contributed by atoms with Crippen molar-refractivity contribution >= 4 is 17.7 Å². The minimum absolute atomic E-state index is 0.224. The van der Waals surface area contributed by atoms with Crippen molar-refractivity contribution in [3.63, 3.8) is 0 Å². The first-order chi connectivity index (χ1) is 8.83. The second kappa shape index (κ2) is 5.37. The van der Waals surface area contributed by atoms with Crippen molar-refractivity contribution in [1.29, 1.82) is 0 Å². The number of halogens is 1. The predicted molar refractivity (Wildman–Crippen MR) is 74.2 cm³/mol. The number of rotatable bonds is 2. The summed E-state index contributed by atoms with van der Waals surface area (Å²) in [6, 6.07) is 3.77. The SMILES string of the molecule is CC(C)(C)OC(=O)N1CC(Cc2ccc(Cl)nc2)C1. The molecule has 104 valence electrons. The maximum atomic E-state index is 11.8. The van der Waals surface area contributed by atoms with Crippen LogP contribution >= 0.6 is 11.6 Å². The third-order valence-electron chi connectivity index (χ3n) is 2.92. The van der Waals surface area contributed by atoms with Crippen molar-refractivity contribution in [1.82, 2.24) is 9.88 Å². The first-order valence-electron chi connectivity index (χ1n) is 6.42. The van der Waals surface area contributed by atoms with E-state index in [1.54, 1.807) is 17.2 Å². The largest absolute Gasteiger partial charge is 0.444 e.